The summed E-state index contributed by atoms with van der Waals surface area (Å²) < 4.78 is 26.2. The third-order valence-corrected chi connectivity index (χ3v) is 4.45. The molecular formula is C15H24F2O. The Morgan fingerprint density at radius 2 is 2.22 bits per heavy atom. The van der Waals surface area contributed by atoms with E-state index >= 15 is 0 Å². The van der Waals surface area contributed by atoms with Crippen molar-refractivity contribution in [1.29, 1.82) is 0 Å². The predicted molar refractivity (Wildman–Crippen MR) is 68.6 cm³/mol. The molecule has 104 valence electrons. The molecule has 0 radical (unpaired) electrons. The molecule has 0 heterocycles. The van der Waals surface area contributed by atoms with Crippen LogP contribution in [0.15, 0.2) is 11.6 Å². The summed E-state index contributed by atoms with van der Waals surface area (Å²) in [5, 5.41) is 10.3. The Bertz CT molecular complexity index is 324. The van der Waals surface area contributed by atoms with Crippen LogP contribution >= 0.6 is 0 Å². The van der Waals surface area contributed by atoms with Crippen LogP contribution < -0.4 is 0 Å². The Hall–Kier alpha value is -0.440. The van der Waals surface area contributed by atoms with Gasteiger partial charge >= 0.3 is 0 Å². The number of alkyl halides is 2. The number of rotatable bonds is 3. The van der Waals surface area contributed by atoms with Gasteiger partial charge in [-0.2, -0.15) is 0 Å². The van der Waals surface area contributed by atoms with Crippen LogP contribution in [0.4, 0.5) is 8.78 Å². The van der Waals surface area contributed by atoms with Gasteiger partial charge in [0, 0.05) is 12.8 Å². The summed E-state index contributed by atoms with van der Waals surface area (Å²) in [6.45, 7) is 4.26. The fourth-order valence-corrected chi connectivity index (χ4v) is 3.67. The van der Waals surface area contributed by atoms with E-state index in [0.717, 1.165) is 12.8 Å². The van der Waals surface area contributed by atoms with Gasteiger partial charge in [0.1, 0.15) is 0 Å². The van der Waals surface area contributed by atoms with Gasteiger partial charge in [-0.25, -0.2) is 8.78 Å². The Labute approximate surface area is 108 Å². The minimum Gasteiger partial charge on any atom is -0.393 e. The van der Waals surface area contributed by atoms with Crippen LogP contribution in [0.5, 0.6) is 0 Å². The predicted octanol–water partition coefficient (Wildman–Crippen LogP) is 4.17. The highest BCUT2D eigenvalue weighted by atomic mass is 19.3. The fourth-order valence-electron chi connectivity index (χ4n) is 3.67. The normalized spacial score (nSPS) is 37.4. The van der Waals surface area contributed by atoms with Gasteiger partial charge in [-0.05, 0) is 50.4 Å². The van der Waals surface area contributed by atoms with Gasteiger partial charge < -0.3 is 5.11 Å². The molecule has 0 aromatic heterocycles. The average molecular weight is 258 g/mol. The van der Waals surface area contributed by atoms with E-state index in [4.69, 9.17) is 0 Å². The van der Waals surface area contributed by atoms with Crippen molar-refractivity contribution in [2.24, 2.45) is 17.8 Å². The number of hydrogen-bond acceptors (Lipinski definition) is 1. The van der Waals surface area contributed by atoms with Crippen LogP contribution in [-0.4, -0.2) is 17.1 Å². The Morgan fingerprint density at radius 3 is 2.78 bits per heavy atom. The lowest BCUT2D eigenvalue weighted by atomic mass is 9.78. The van der Waals surface area contributed by atoms with Crippen LogP contribution in [0.2, 0.25) is 0 Å². The van der Waals surface area contributed by atoms with E-state index in [9.17, 15) is 13.9 Å². The van der Waals surface area contributed by atoms with E-state index in [2.05, 4.69) is 19.9 Å². The molecule has 3 heteroatoms. The first-order valence-electron chi connectivity index (χ1n) is 7.09. The minimum atomic E-state index is -2.49. The lowest BCUT2D eigenvalue weighted by molar-refractivity contribution is 0.000104. The van der Waals surface area contributed by atoms with E-state index in [1.54, 1.807) is 0 Å². The van der Waals surface area contributed by atoms with Gasteiger partial charge in [-0.15, -0.1) is 0 Å². The number of hydrogen-bond donors (Lipinski definition) is 1. The summed E-state index contributed by atoms with van der Waals surface area (Å²) in [7, 11) is 0. The lowest BCUT2D eigenvalue weighted by Crippen LogP contribution is -2.27. The van der Waals surface area contributed by atoms with Crippen molar-refractivity contribution in [3.8, 4) is 0 Å². The molecule has 0 spiro atoms. The summed E-state index contributed by atoms with van der Waals surface area (Å²) in [6.07, 6.45) is 4.87. The standard InChI is InChI=1S/C15H24F2O/c1-10-5-11(2)7-13(6-10)14(18)8-12-3-4-15(16,17)9-12/h5,10,12-14,18H,3-4,6-9H2,1-2H3. The Kier molecular flexibility index (Phi) is 4.10. The second-order valence-corrected chi connectivity index (χ2v) is 6.46. The Morgan fingerprint density at radius 1 is 1.50 bits per heavy atom. The minimum absolute atomic E-state index is 0.00435. The summed E-state index contributed by atoms with van der Waals surface area (Å²) in [6, 6.07) is 0. The summed E-state index contributed by atoms with van der Waals surface area (Å²) in [5.41, 5.74) is 1.33. The largest absolute Gasteiger partial charge is 0.393 e. The van der Waals surface area contributed by atoms with Gasteiger partial charge in [0.05, 0.1) is 6.10 Å². The van der Waals surface area contributed by atoms with Crippen LogP contribution in [0.3, 0.4) is 0 Å². The summed E-state index contributed by atoms with van der Waals surface area (Å²) in [4.78, 5) is 0. The van der Waals surface area contributed by atoms with E-state index in [-0.39, 0.29) is 24.7 Å². The molecule has 0 aromatic rings. The van der Waals surface area contributed by atoms with Gasteiger partial charge in [-0.1, -0.05) is 18.6 Å². The molecule has 1 fully saturated rings. The highest BCUT2D eigenvalue weighted by Crippen LogP contribution is 2.42. The third kappa shape index (κ3) is 3.53. The molecule has 2 aliphatic rings. The highest BCUT2D eigenvalue weighted by molar-refractivity contribution is 5.07. The molecule has 0 bridgehead atoms. The van der Waals surface area contributed by atoms with Crippen molar-refractivity contribution < 1.29 is 13.9 Å². The molecule has 2 rings (SSSR count). The average Bonchev–Trinajstić information content (AvgIpc) is 2.56. The van der Waals surface area contributed by atoms with Crippen LogP contribution in [0.1, 0.15) is 52.4 Å². The summed E-state index contributed by atoms with van der Waals surface area (Å²) >= 11 is 0. The number of allylic oxidation sites excluding steroid dienone is 2. The van der Waals surface area contributed by atoms with E-state index in [1.165, 1.54) is 5.57 Å². The van der Waals surface area contributed by atoms with Crippen LogP contribution in [0, 0.1) is 17.8 Å². The van der Waals surface area contributed by atoms with Gasteiger partial charge in [0.25, 0.3) is 0 Å². The molecule has 4 atom stereocenters. The van der Waals surface area contributed by atoms with E-state index < -0.39 is 12.0 Å². The van der Waals surface area contributed by atoms with E-state index in [1.807, 2.05) is 0 Å². The molecule has 0 saturated heterocycles. The van der Waals surface area contributed by atoms with Crippen LogP contribution in [0.25, 0.3) is 0 Å². The van der Waals surface area contributed by atoms with Crippen LogP contribution in [-0.2, 0) is 0 Å². The Balaban J connectivity index is 1.85. The van der Waals surface area contributed by atoms with Gasteiger partial charge in [0.15, 0.2) is 0 Å². The first-order valence-corrected chi connectivity index (χ1v) is 7.09. The lowest BCUT2D eigenvalue weighted by Gasteiger charge is -2.30. The molecule has 0 aromatic carbocycles. The van der Waals surface area contributed by atoms with E-state index in [0.29, 0.717) is 18.8 Å². The highest BCUT2D eigenvalue weighted by Gasteiger charge is 2.40. The molecule has 18 heavy (non-hydrogen) atoms. The molecule has 0 amide bonds. The quantitative estimate of drug-likeness (QED) is 0.753. The SMILES string of the molecule is CC1=CC(C)CC(C(O)CC2CCC(F)(F)C2)C1. The third-order valence-electron chi connectivity index (χ3n) is 4.45. The second kappa shape index (κ2) is 5.28. The zero-order valence-corrected chi connectivity index (χ0v) is 11.3. The van der Waals surface area contributed by atoms with Gasteiger partial charge in [0.2, 0.25) is 5.92 Å². The molecular weight excluding hydrogens is 234 g/mol. The van der Waals surface area contributed by atoms with Crippen molar-refractivity contribution in [1.82, 2.24) is 0 Å². The number of halogens is 2. The van der Waals surface area contributed by atoms with Crippen molar-refractivity contribution in [3.63, 3.8) is 0 Å². The van der Waals surface area contributed by atoms with Crippen molar-refractivity contribution in [2.45, 2.75) is 64.4 Å². The maximum absolute atomic E-state index is 13.1. The molecule has 1 nitrogen and oxygen atoms in total. The van der Waals surface area contributed by atoms with Crippen molar-refractivity contribution in [3.05, 3.63) is 11.6 Å². The van der Waals surface area contributed by atoms with Crippen molar-refractivity contribution >= 4 is 0 Å². The van der Waals surface area contributed by atoms with Gasteiger partial charge in [-0.3, -0.25) is 0 Å². The summed E-state index contributed by atoms with van der Waals surface area (Å²) in [5.74, 6) is -1.71. The topological polar surface area (TPSA) is 20.2 Å². The molecule has 0 aliphatic heterocycles. The smallest absolute Gasteiger partial charge is 0.248 e. The first kappa shape index (κ1) is 14.0. The monoisotopic (exact) mass is 258 g/mol. The first-order chi connectivity index (χ1) is 8.35. The number of aliphatic hydroxyl groups excluding tert-OH is 1. The maximum Gasteiger partial charge on any atom is 0.248 e. The molecule has 1 N–H and O–H groups in total. The molecule has 2 aliphatic carbocycles. The fraction of sp³-hybridized carbons (Fsp3) is 0.867. The second-order valence-electron chi connectivity index (χ2n) is 6.46. The molecule has 1 saturated carbocycles. The zero-order valence-electron chi connectivity index (χ0n) is 11.3. The maximum atomic E-state index is 13.1. The van der Waals surface area contributed by atoms with Crippen molar-refractivity contribution in [2.75, 3.05) is 0 Å². The number of aliphatic hydroxyl groups is 1. The zero-order chi connectivity index (χ0) is 13.3. The molecule has 4 unspecified atom stereocenters.